The Morgan fingerprint density at radius 3 is 3.12 bits per heavy atom. The predicted octanol–water partition coefficient (Wildman–Crippen LogP) is 0.277. The minimum absolute atomic E-state index is 0.815. The van der Waals surface area contributed by atoms with Crippen molar-refractivity contribution in [2.45, 2.75) is 6.42 Å². The third-order valence-electron chi connectivity index (χ3n) is 0.814. The summed E-state index contributed by atoms with van der Waals surface area (Å²) in [4.78, 5) is 3.89. The second-order valence-electron chi connectivity index (χ2n) is 1.41. The first-order chi connectivity index (χ1) is 3.93. The summed E-state index contributed by atoms with van der Waals surface area (Å²) in [6.45, 7) is 0. The van der Waals surface area contributed by atoms with E-state index in [1.54, 1.807) is 0 Å². The van der Waals surface area contributed by atoms with Gasteiger partial charge in [0.15, 0.2) is 0 Å². The van der Waals surface area contributed by atoms with Crippen molar-refractivity contribution in [1.82, 2.24) is 15.2 Å². The maximum absolute atomic E-state index is 4.02. The number of hydrogen-bond donors (Lipinski definition) is 2. The van der Waals surface area contributed by atoms with Crippen LogP contribution in [0.4, 0.5) is 0 Å². The maximum atomic E-state index is 4.02. The average molecular weight is 129 g/mol. The Labute approximate surface area is 52.9 Å². The lowest BCUT2D eigenvalue weighted by Gasteiger charge is -1.84. The fourth-order valence-corrected chi connectivity index (χ4v) is 0.669. The van der Waals surface area contributed by atoms with Gasteiger partial charge < -0.3 is 0 Å². The number of rotatable bonds is 2. The third kappa shape index (κ3) is 1.23. The molecule has 0 bridgehead atoms. The van der Waals surface area contributed by atoms with Gasteiger partial charge in [-0.05, 0) is 5.75 Å². The minimum atomic E-state index is 0.815. The second-order valence-corrected chi connectivity index (χ2v) is 1.85. The number of H-pyrrole nitrogens is 1. The van der Waals surface area contributed by atoms with Crippen LogP contribution < -0.4 is 0 Å². The first-order valence-corrected chi connectivity index (χ1v) is 3.02. The smallest absolute Gasteiger partial charge is 0.137 e. The molecule has 0 saturated heterocycles. The molecule has 0 fully saturated rings. The van der Waals surface area contributed by atoms with Crippen molar-refractivity contribution in [1.29, 1.82) is 0 Å². The molecular formula is C4H7N3S. The van der Waals surface area contributed by atoms with Crippen LogP contribution in [0.3, 0.4) is 0 Å². The third-order valence-corrected chi connectivity index (χ3v) is 1.04. The molecule has 0 unspecified atom stereocenters. The summed E-state index contributed by atoms with van der Waals surface area (Å²) >= 11 is 4.02. The lowest BCUT2D eigenvalue weighted by atomic mass is 10.5. The molecule has 0 aromatic carbocycles. The Bertz CT molecular complexity index is 137. The quantitative estimate of drug-likeness (QED) is 0.563. The van der Waals surface area contributed by atoms with E-state index in [1.807, 2.05) is 0 Å². The van der Waals surface area contributed by atoms with Gasteiger partial charge in [0, 0.05) is 6.42 Å². The maximum Gasteiger partial charge on any atom is 0.137 e. The number of hydrogen-bond acceptors (Lipinski definition) is 3. The van der Waals surface area contributed by atoms with Crippen LogP contribution in [0.1, 0.15) is 5.82 Å². The molecule has 0 radical (unpaired) electrons. The standard InChI is InChI=1S/C4H7N3S/c8-2-1-4-5-3-6-7-4/h3,8H,1-2H2,(H,5,6,7). The topological polar surface area (TPSA) is 41.6 Å². The van der Waals surface area contributed by atoms with Crippen LogP contribution in [0.15, 0.2) is 6.33 Å². The van der Waals surface area contributed by atoms with Crippen molar-refractivity contribution in [3.05, 3.63) is 12.2 Å². The van der Waals surface area contributed by atoms with E-state index < -0.39 is 0 Å². The van der Waals surface area contributed by atoms with Gasteiger partial charge in [0.25, 0.3) is 0 Å². The molecule has 0 aliphatic rings. The number of aromatic nitrogens is 3. The molecule has 0 saturated carbocycles. The molecule has 44 valence electrons. The van der Waals surface area contributed by atoms with E-state index in [9.17, 15) is 0 Å². The van der Waals surface area contributed by atoms with Gasteiger partial charge in [-0.3, -0.25) is 5.10 Å². The molecule has 0 aliphatic heterocycles. The summed E-state index contributed by atoms with van der Waals surface area (Å²) in [5.74, 6) is 1.72. The molecular weight excluding hydrogens is 122 g/mol. The number of nitrogens with zero attached hydrogens (tertiary/aromatic N) is 2. The zero-order valence-corrected chi connectivity index (χ0v) is 5.23. The van der Waals surface area contributed by atoms with Crippen LogP contribution in [0, 0.1) is 0 Å². The zero-order valence-electron chi connectivity index (χ0n) is 4.33. The highest BCUT2D eigenvalue weighted by Crippen LogP contribution is 1.87. The van der Waals surface area contributed by atoms with Gasteiger partial charge in [-0.2, -0.15) is 17.7 Å². The molecule has 1 rings (SSSR count). The number of nitrogens with one attached hydrogen (secondary N) is 1. The number of thiol groups is 1. The van der Waals surface area contributed by atoms with E-state index in [4.69, 9.17) is 0 Å². The molecule has 8 heavy (non-hydrogen) atoms. The lowest BCUT2D eigenvalue weighted by Crippen LogP contribution is -1.87. The normalized spacial score (nSPS) is 9.62. The Kier molecular flexibility index (Phi) is 1.91. The molecule has 1 aromatic rings. The van der Waals surface area contributed by atoms with Gasteiger partial charge in [-0.1, -0.05) is 0 Å². The molecule has 0 aliphatic carbocycles. The highest BCUT2D eigenvalue weighted by atomic mass is 32.1. The van der Waals surface area contributed by atoms with Gasteiger partial charge in [0.05, 0.1) is 0 Å². The van der Waals surface area contributed by atoms with Crippen LogP contribution in [-0.2, 0) is 6.42 Å². The predicted molar refractivity (Wildman–Crippen MR) is 33.9 cm³/mol. The SMILES string of the molecule is SCCc1ncn[nH]1. The van der Waals surface area contributed by atoms with Crippen molar-refractivity contribution < 1.29 is 0 Å². The Morgan fingerprint density at radius 1 is 1.75 bits per heavy atom. The summed E-state index contributed by atoms with van der Waals surface area (Å²) in [6.07, 6.45) is 2.36. The van der Waals surface area contributed by atoms with Crippen LogP contribution in [0.25, 0.3) is 0 Å². The van der Waals surface area contributed by atoms with Crippen LogP contribution in [-0.4, -0.2) is 20.9 Å². The second kappa shape index (κ2) is 2.71. The summed E-state index contributed by atoms with van der Waals surface area (Å²) in [7, 11) is 0. The van der Waals surface area contributed by atoms with Crippen LogP contribution >= 0.6 is 12.6 Å². The van der Waals surface area contributed by atoms with E-state index in [0.717, 1.165) is 18.0 Å². The van der Waals surface area contributed by atoms with Crippen molar-refractivity contribution in [3.8, 4) is 0 Å². The Hall–Kier alpha value is -0.510. The van der Waals surface area contributed by atoms with Gasteiger partial charge in [0.1, 0.15) is 12.2 Å². The van der Waals surface area contributed by atoms with Crippen molar-refractivity contribution in [2.24, 2.45) is 0 Å². The van der Waals surface area contributed by atoms with Gasteiger partial charge >= 0.3 is 0 Å². The molecule has 1 aromatic heterocycles. The van der Waals surface area contributed by atoms with E-state index in [-0.39, 0.29) is 0 Å². The fourth-order valence-electron chi connectivity index (χ4n) is 0.457. The summed E-state index contributed by atoms with van der Waals surface area (Å²) < 4.78 is 0. The lowest BCUT2D eigenvalue weighted by molar-refractivity contribution is 0.955. The Morgan fingerprint density at radius 2 is 2.62 bits per heavy atom. The molecule has 3 nitrogen and oxygen atoms in total. The fraction of sp³-hybridized carbons (Fsp3) is 0.500. The molecule has 4 heteroatoms. The zero-order chi connectivity index (χ0) is 5.82. The average Bonchev–Trinajstić information content (AvgIpc) is 2.19. The largest absolute Gasteiger partial charge is 0.263 e. The van der Waals surface area contributed by atoms with E-state index in [2.05, 4.69) is 27.8 Å². The first kappa shape index (κ1) is 5.62. The monoisotopic (exact) mass is 129 g/mol. The van der Waals surface area contributed by atoms with Crippen molar-refractivity contribution in [3.63, 3.8) is 0 Å². The highest BCUT2D eigenvalue weighted by molar-refractivity contribution is 7.80. The molecule has 1 N–H and O–H groups in total. The Balaban J connectivity index is 2.50. The van der Waals surface area contributed by atoms with E-state index >= 15 is 0 Å². The molecule has 1 heterocycles. The minimum Gasteiger partial charge on any atom is -0.263 e. The summed E-state index contributed by atoms with van der Waals surface area (Å²) in [6, 6.07) is 0. The van der Waals surface area contributed by atoms with Gasteiger partial charge in [-0.25, -0.2) is 4.98 Å². The summed E-state index contributed by atoms with van der Waals surface area (Å²) in [5.41, 5.74) is 0. The number of aromatic amines is 1. The van der Waals surface area contributed by atoms with Crippen LogP contribution in [0.5, 0.6) is 0 Å². The first-order valence-electron chi connectivity index (χ1n) is 2.38. The molecule has 0 atom stereocenters. The van der Waals surface area contributed by atoms with Crippen molar-refractivity contribution >= 4 is 12.6 Å². The van der Waals surface area contributed by atoms with Crippen molar-refractivity contribution in [2.75, 3.05) is 5.75 Å². The van der Waals surface area contributed by atoms with Gasteiger partial charge in [-0.15, -0.1) is 0 Å². The molecule has 0 spiro atoms. The number of aryl methyl sites for hydroxylation is 1. The van der Waals surface area contributed by atoms with Crippen LogP contribution in [0.2, 0.25) is 0 Å². The molecule has 0 amide bonds. The van der Waals surface area contributed by atoms with E-state index in [0.29, 0.717) is 0 Å². The van der Waals surface area contributed by atoms with Gasteiger partial charge in [0.2, 0.25) is 0 Å². The van der Waals surface area contributed by atoms with E-state index in [1.165, 1.54) is 6.33 Å². The highest BCUT2D eigenvalue weighted by Gasteiger charge is 1.89. The summed E-state index contributed by atoms with van der Waals surface area (Å²) in [5, 5.41) is 6.40.